The van der Waals surface area contributed by atoms with Gasteiger partial charge in [-0.15, -0.1) is 0 Å². The maximum atomic E-state index is 12.1. The maximum Gasteiger partial charge on any atom is 0.225 e. The molecule has 0 bridgehead atoms. The fourth-order valence-corrected chi connectivity index (χ4v) is 2.06. The van der Waals surface area contributed by atoms with E-state index < -0.39 is 0 Å². The molecular formula is C14H19NO. The minimum atomic E-state index is 0.309. The lowest BCUT2D eigenvalue weighted by molar-refractivity contribution is -0.138. The number of carbonyl (C=O) groups is 1. The van der Waals surface area contributed by atoms with Gasteiger partial charge in [-0.25, -0.2) is 0 Å². The predicted octanol–water partition coefficient (Wildman–Crippen LogP) is 2.84. The van der Waals surface area contributed by atoms with Crippen LogP contribution in [0.2, 0.25) is 0 Å². The lowest BCUT2D eigenvalue weighted by atomic mass is 9.84. The molecule has 1 saturated carbocycles. The number of carbonyl (C=O) groups excluding carboxylic acids is 1. The van der Waals surface area contributed by atoms with Crippen LogP contribution in [-0.4, -0.2) is 17.4 Å². The Morgan fingerprint density at radius 1 is 1.31 bits per heavy atom. The van der Waals surface area contributed by atoms with E-state index in [1.807, 2.05) is 23.1 Å². The van der Waals surface area contributed by atoms with Crippen LogP contribution in [0.4, 0.5) is 0 Å². The molecule has 0 atom stereocenters. The highest BCUT2D eigenvalue weighted by molar-refractivity contribution is 5.79. The summed E-state index contributed by atoms with van der Waals surface area (Å²) in [4.78, 5) is 14.1. The van der Waals surface area contributed by atoms with E-state index in [0.29, 0.717) is 11.8 Å². The Bertz CT molecular complexity index is 343. The SMILES string of the molecule is CCN(Cc1ccccc1)C(=O)C1CCC1. The molecule has 0 saturated heterocycles. The summed E-state index contributed by atoms with van der Waals surface area (Å²) in [6.45, 7) is 3.62. The van der Waals surface area contributed by atoms with Crippen LogP contribution in [0.5, 0.6) is 0 Å². The summed E-state index contributed by atoms with van der Waals surface area (Å²) in [6, 6.07) is 10.2. The lowest BCUT2D eigenvalue weighted by Crippen LogP contribution is -2.38. The standard InChI is InChI=1S/C14H19NO/c1-2-15(14(16)13-9-6-10-13)11-12-7-4-3-5-8-12/h3-5,7-8,13H,2,6,9-11H2,1H3. The second-order valence-corrected chi connectivity index (χ2v) is 4.47. The molecule has 2 rings (SSSR count). The maximum absolute atomic E-state index is 12.1. The molecule has 0 aliphatic heterocycles. The average molecular weight is 217 g/mol. The highest BCUT2D eigenvalue weighted by Gasteiger charge is 2.28. The first-order valence-corrected chi connectivity index (χ1v) is 6.14. The smallest absolute Gasteiger partial charge is 0.225 e. The van der Waals surface area contributed by atoms with Crippen LogP contribution < -0.4 is 0 Å². The monoisotopic (exact) mass is 217 g/mol. The first-order valence-electron chi connectivity index (χ1n) is 6.14. The van der Waals surface area contributed by atoms with Crippen molar-refractivity contribution in [2.24, 2.45) is 5.92 Å². The van der Waals surface area contributed by atoms with E-state index >= 15 is 0 Å². The van der Waals surface area contributed by atoms with E-state index in [1.54, 1.807) is 0 Å². The molecule has 86 valence electrons. The zero-order chi connectivity index (χ0) is 11.4. The lowest BCUT2D eigenvalue weighted by Gasteiger charge is -2.31. The van der Waals surface area contributed by atoms with Gasteiger partial charge >= 0.3 is 0 Å². The van der Waals surface area contributed by atoms with E-state index in [2.05, 4.69) is 19.1 Å². The summed E-state index contributed by atoms with van der Waals surface area (Å²) in [6.07, 6.45) is 3.40. The largest absolute Gasteiger partial charge is 0.338 e. The van der Waals surface area contributed by atoms with E-state index in [0.717, 1.165) is 25.9 Å². The molecule has 0 heterocycles. The second-order valence-electron chi connectivity index (χ2n) is 4.47. The van der Waals surface area contributed by atoms with E-state index in [-0.39, 0.29) is 0 Å². The number of hydrogen-bond acceptors (Lipinski definition) is 1. The summed E-state index contributed by atoms with van der Waals surface area (Å²) in [5, 5.41) is 0. The van der Waals surface area contributed by atoms with Gasteiger partial charge in [0.05, 0.1) is 0 Å². The molecule has 1 aromatic carbocycles. The molecule has 1 aromatic rings. The van der Waals surface area contributed by atoms with Gasteiger partial charge in [-0.3, -0.25) is 4.79 Å². The highest BCUT2D eigenvalue weighted by atomic mass is 16.2. The van der Waals surface area contributed by atoms with Crippen molar-refractivity contribution in [1.29, 1.82) is 0 Å². The average Bonchev–Trinajstić information content (AvgIpc) is 2.25. The predicted molar refractivity (Wildman–Crippen MR) is 64.9 cm³/mol. The van der Waals surface area contributed by atoms with Crippen LogP contribution in [0.3, 0.4) is 0 Å². The zero-order valence-corrected chi connectivity index (χ0v) is 9.86. The number of nitrogens with zero attached hydrogens (tertiary/aromatic N) is 1. The van der Waals surface area contributed by atoms with E-state index in [1.165, 1.54) is 12.0 Å². The molecule has 1 aliphatic carbocycles. The summed E-state index contributed by atoms with van der Waals surface area (Å²) in [5.41, 5.74) is 1.22. The molecule has 0 N–H and O–H groups in total. The molecule has 0 unspecified atom stereocenters. The molecular weight excluding hydrogens is 198 g/mol. The fraction of sp³-hybridized carbons (Fsp3) is 0.500. The Balaban J connectivity index is 1.97. The van der Waals surface area contributed by atoms with Gasteiger partial charge in [0.25, 0.3) is 0 Å². The topological polar surface area (TPSA) is 20.3 Å². The van der Waals surface area contributed by atoms with Gasteiger partial charge in [0.2, 0.25) is 5.91 Å². The summed E-state index contributed by atoms with van der Waals surface area (Å²) in [5.74, 6) is 0.654. The van der Waals surface area contributed by atoms with Crippen molar-refractivity contribution < 1.29 is 4.79 Å². The molecule has 16 heavy (non-hydrogen) atoms. The molecule has 1 amide bonds. The summed E-state index contributed by atoms with van der Waals surface area (Å²) < 4.78 is 0. The number of amides is 1. The minimum Gasteiger partial charge on any atom is -0.338 e. The zero-order valence-electron chi connectivity index (χ0n) is 9.86. The first-order chi connectivity index (χ1) is 7.81. The van der Waals surface area contributed by atoms with Gasteiger partial charge in [-0.05, 0) is 25.3 Å². The van der Waals surface area contributed by atoms with Gasteiger partial charge in [0.15, 0.2) is 0 Å². The first kappa shape index (κ1) is 11.2. The van der Waals surface area contributed by atoms with Gasteiger partial charge in [0.1, 0.15) is 0 Å². The molecule has 1 aliphatic rings. The Morgan fingerprint density at radius 2 is 2.00 bits per heavy atom. The Hall–Kier alpha value is -1.31. The fourth-order valence-electron chi connectivity index (χ4n) is 2.06. The highest BCUT2D eigenvalue weighted by Crippen LogP contribution is 2.28. The van der Waals surface area contributed by atoms with Crippen LogP contribution in [0, 0.1) is 5.92 Å². The van der Waals surface area contributed by atoms with Gasteiger partial charge in [-0.2, -0.15) is 0 Å². The summed E-state index contributed by atoms with van der Waals surface area (Å²) in [7, 11) is 0. The number of benzene rings is 1. The number of hydrogen-bond donors (Lipinski definition) is 0. The van der Waals surface area contributed by atoms with Crippen molar-refractivity contribution in [2.45, 2.75) is 32.7 Å². The van der Waals surface area contributed by atoms with E-state index in [4.69, 9.17) is 0 Å². The van der Waals surface area contributed by atoms with Crippen molar-refractivity contribution >= 4 is 5.91 Å². The normalized spacial score (nSPS) is 15.6. The van der Waals surface area contributed by atoms with Crippen LogP contribution in [0.25, 0.3) is 0 Å². The van der Waals surface area contributed by atoms with Crippen LogP contribution >= 0.6 is 0 Å². The Labute approximate surface area is 97.3 Å². The third-order valence-electron chi connectivity index (χ3n) is 3.36. The van der Waals surface area contributed by atoms with Crippen molar-refractivity contribution in [1.82, 2.24) is 4.90 Å². The van der Waals surface area contributed by atoms with Crippen molar-refractivity contribution in [3.05, 3.63) is 35.9 Å². The Morgan fingerprint density at radius 3 is 2.50 bits per heavy atom. The minimum absolute atomic E-state index is 0.309. The quantitative estimate of drug-likeness (QED) is 0.759. The van der Waals surface area contributed by atoms with E-state index in [9.17, 15) is 4.79 Å². The van der Waals surface area contributed by atoms with Crippen molar-refractivity contribution in [3.8, 4) is 0 Å². The third kappa shape index (κ3) is 2.43. The Kier molecular flexibility index (Phi) is 3.60. The summed E-state index contributed by atoms with van der Waals surface area (Å²) >= 11 is 0. The molecule has 2 heteroatoms. The molecule has 0 spiro atoms. The van der Waals surface area contributed by atoms with Gasteiger partial charge in [0, 0.05) is 19.0 Å². The molecule has 0 aromatic heterocycles. The molecule has 1 fully saturated rings. The van der Waals surface area contributed by atoms with Crippen LogP contribution in [0.1, 0.15) is 31.7 Å². The second kappa shape index (κ2) is 5.15. The van der Waals surface area contributed by atoms with Crippen molar-refractivity contribution in [3.63, 3.8) is 0 Å². The van der Waals surface area contributed by atoms with Gasteiger partial charge < -0.3 is 4.90 Å². The van der Waals surface area contributed by atoms with Crippen molar-refractivity contribution in [2.75, 3.05) is 6.54 Å². The third-order valence-corrected chi connectivity index (χ3v) is 3.36. The van der Waals surface area contributed by atoms with Crippen LogP contribution in [0.15, 0.2) is 30.3 Å². The molecule has 0 radical (unpaired) electrons. The number of rotatable bonds is 4. The molecule has 2 nitrogen and oxygen atoms in total. The van der Waals surface area contributed by atoms with Gasteiger partial charge in [-0.1, -0.05) is 36.8 Å². The van der Waals surface area contributed by atoms with Crippen LogP contribution in [-0.2, 0) is 11.3 Å².